The fourth-order valence-corrected chi connectivity index (χ4v) is 5.63. The fourth-order valence-electron chi connectivity index (χ4n) is 5.63. The van der Waals surface area contributed by atoms with E-state index in [0.29, 0.717) is 56.6 Å². The van der Waals surface area contributed by atoms with Crippen molar-refractivity contribution in [1.29, 1.82) is 0 Å². The van der Waals surface area contributed by atoms with Gasteiger partial charge in [-0.3, -0.25) is 4.90 Å². The average Bonchev–Trinajstić information content (AvgIpc) is 3.92. The first-order valence-corrected chi connectivity index (χ1v) is 15.5. The van der Waals surface area contributed by atoms with E-state index in [1.165, 1.54) is 17.7 Å². The quantitative estimate of drug-likeness (QED) is 0.174. The number of nitrogens with zero attached hydrogens (tertiary/aromatic N) is 2. The van der Waals surface area contributed by atoms with Gasteiger partial charge in [0.05, 0.1) is 12.2 Å². The fraction of sp³-hybridized carbons (Fsp3) is 0.297. The van der Waals surface area contributed by atoms with Crippen LogP contribution < -0.4 is 9.47 Å². The Morgan fingerprint density at radius 3 is 2.24 bits per heavy atom. The number of ether oxygens (including phenoxy) is 3. The van der Waals surface area contributed by atoms with E-state index in [0.717, 1.165) is 40.8 Å². The van der Waals surface area contributed by atoms with Crippen LogP contribution in [0.2, 0.25) is 0 Å². The largest absolute Gasteiger partial charge is 0.494 e. The molecule has 4 aromatic rings. The first kappa shape index (κ1) is 30.3. The van der Waals surface area contributed by atoms with Gasteiger partial charge < -0.3 is 19.1 Å². The lowest BCUT2D eigenvalue weighted by molar-refractivity contribution is 0.0472. The highest BCUT2D eigenvalue weighted by Crippen LogP contribution is 2.46. The molecule has 0 unspecified atom stereocenters. The van der Waals surface area contributed by atoms with Crippen molar-refractivity contribution in [1.82, 2.24) is 9.80 Å². The van der Waals surface area contributed by atoms with Gasteiger partial charge in [-0.2, -0.15) is 0 Å². The third kappa shape index (κ3) is 7.70. The Bertz CT molecular complexity index is 1610. The zero-order valence-corrected chi connectivity index (χ0v) is 25.4. The van der Waals surface area contributed by atoms with E-state index in [9.17, 15) is 14.0 Å². The molecule has 1 heterocycles. The van der Waals surface area contributed by atoms with E-state index in [-0.39, 0.29) is 12.4 Å². The number of hydrogen-bond donors (Lipinski definition) is 0. The van der Waals surface area contributed by atoms with Gasteiger partial charge in [0.1, 0.15) is 23.9 Å². The summed E-state index contributed by atoms with van der Waals surface area (Å²) in [7, 11) is 0. The maximum absolute atomic E-state index is 13.6. The lowest BCUT2D eigenvalue weighted by Gasteiger charge is -2.34. The molecule has 1 aliphatic heterocycles. The van der Waals surface area contributed by atoms with E-state index < -0.39 is 12.1 Å². The summed E-state index contributed by atoms with van der Waals surface area (Å²) in [6.07, 6.45) is 1.90. The minimum atomic E-state index is -0.435. The molecule has 1 saturated heterocycles. The van der Waals surface area contributed by atoms with Crippen LogP contribution in [0.5, 0.6) is 11.5 Å². The number of amides is 1. The van der Waals surface area contributed by atoms with Gasteiger partial charge in [-0.1, -0.05) is 42.5 Å². The van der Waals surface area contributed by atoms with Crippen molar-refractivity contribution in [2.45, 2.75) is 38.8 Å². The monoisotopic (exact) mass is 608 g/mol. The highest BCUT2D eigenvalue weighted by molar-refractivity contribution is 5.89. The van der Waals surface area contributed by atoms with Gasteiger partial charge in [-0.25, -0.2) is 14.0 Å². The Labute approximate surface area is 263 Å². The van der Waals surface area contributed by atoms with Crippen LogP contribution in [0.15, 0.2) is 91.0 Å². The van der Waals surface area contributed by atoms with Gasteiger partial charge in [0.2, 0.25) is 0 Å². The molecule has 45 heavy (non-hydrogen) atoms. The van der Waals surface area contributed by atoms with Gasteiger partial charge in [0, 0.05) is 38.3 Å². The molecule has 0 aromatic heterocycles. The molecule has 8 heteroatoms. The SMILES string of the molecule is CCOc1cc(-c2ccc(F)cc2)c(C2CC2)cc1CN1CCN(C(=O)Oc2ccc(C(=O)OCc3ccccc3)cc2)CC1. The summed E-state index contributed by atoms with van der Waals surface area (Å²) < 4.78 is 30.7. The van der Waals surface area contributed by atoms with Crippen LogP contribution in [0.25, 0.3) is 11.1 Å². The molecule has 0 radical (unpaired) electrons. The molecule has 2 fully saturated rings. The lowest BCUT2D eigenvalue weighted by atomic mass is 9.93. The Kier molecular flexibility index (Phi) is 9.41. The Balaban J connectivity index is 1.04. The first-order chi connectivity index (χ1) is 22.0. The summed E-state index contributed by atoms with van der Waals surface area (Å²) in [5.74, 6) is 1.05. The standard InChI is InChI=1S/C37H37FN2O5/c1-2-43-35-23-34(28-10-14-31(38)15-11-28)33(27-8-9-27)22-30(35)24-39-18-20-40(21-19-39)37(42)45-32-16-12-29(13-17-32)36(41)44-25-26-6-4-3-5-7-26/h3-7,10-17,22-23,27H,2,8-9,18-21,24-25H2,1H3. The van der Waals surface area contributed by atoms with Crippen LogP contribution in [0.1, 0.15) is 52.7 Å². The lowest BCUT2D eigenvalue weighted by Crippen LogP contribution is -2.49. The van der Waals surface area contributed by atoms with Gasteiger partial charge in [0.15, 0.2) is 0 Å². The van der Waals surface area contributed by atoms with Crippen molar-refractivity contribution < 1.29 is 28.2 Å². The third-order valence-corrected chi connectivity index (χ3v) is 8.24. The molecule has 1 aliphatic carbocycles. The van der Waals surface area contributed by atoms with Crippen LogP contribution >= 0.6 is 0 Å². The maximum atomic E-state index is 13.6. The van der Waals surface area contributed by atoms with Crippen LogP contribution in [0, 0.1) is 5.82 Å². The topological polar surface area (TPSA) is 68.3 Å². The molecule has 1 amide bonds. The third-order valence-electron chi connectivity index (χ3n) is 8.24. The summed E-state index contributed by atoms with van der Waals surface area (Å²) in [5, 5.41) is 0. The van der Waals surface area contributed by atoms with Gasteiger partial charge in [-0.05, 0) is 96.5 Å². The van der Waals surface area contributed by atoms with Crippen LogP contribution in [-0.4, -0.2) is 54.6 Å². The van der Waals surface area contributed by atoms with Crippen molar-refractivity contribution in [3.8, 4) is 22.6 Å². The van der Waals surface area contributed by atoms with Crippen LogP contribution in [0.4, 0.5) is 9.18 Å². The molecule has 7 nitrogen and oxygen atoms in total. The number of carbonyl (C=O) groups is 2. The molecular formula is C37H37FN2O5. The summed E-state index contributed by atoms with van der Waals surface area (Å²) in [6.45, 7) is 5.91. The second-order valence-corrected chi connectivity index (χ2v) is 11.5. The molecule has 6 rings (SSSR count). The summed E-state index contributed by atoms with van der Waals surface area (Å²) >= 11 is 0. The summed E-state index contributed by atoms with van der Waals surface area (Å²) in [5.41, 5.74) is 5.82. The van der Waals surface area contributed by atoms with Crippen LogP contribution in [-0.2, 0) is 17.9 Å². The molecular weight excluding hydrogens is 571 g/mol. The highest BCUT2D eigenvalue weighted by Gasteiger charge is 2.29. The molecule has 4 aromatic carbocycles. The average molecular weight is 609 g/mol. The van der Waals surface area contributed by atoms with E-state index in [4.69, 9.17) is 14.2 Å². The summed E-state index contributed by atoms with van der Waals surface area (Å²) in [4.78, 5) is 29.4. The number of carbonyl (C=O) groups excluding carboxylic acids is 2. The predicted octanol–water partition coefficient (Wildman–Crippen LogP) is 7.44. The van der Waals surface area contributed by atoms with Crippen molar-refractivity contribution in [3.63, 3.8) is 0 Å². The second kappa shape index (κ2) is 13.9. The van der Waals surface area contributed by atoms with Crippen molar-refractivity contribution in [2.75, 3.05) is 32.8 Å². The molecule has 0 atom stereocenters. The summed E-state index contributed by atoms with van der Waals surface area (Å²) in [6, 6.07) is 27.0. The zero-order valence-electron chi connectivity index (χ0n) is 25.4. The number of rotatable bonds is 10. The first-order valence-electron chi connectivity index (χ1n) is 15.5. The highest BCUT2D eigenvalue weighted by atomic mass is 19.1. The van der Waals surface area contributed by atoms with Crippen molar-refractivity contribution in [3.05, 3.63) is 119 Å². The van der Waals surface area contributed by atoms with Gasteiger partial charge >= 0.3 is 12.1 Å². The van der Waals surface area contributed by atoms with Crippen molar-refractivity contribution in [2.24, 2.45) is 0 Å². The minimum absolute atomic E-state index is 0.193. The van der Waals surface area contributed by atoms with Crippen LogP contribution in [0.3, 0.4) is 0 Å². The smallest absolute Gasteiger partial charge is 0.415 e. The Hall–Kier alpha value is -4.69. The predicted molar refractivity (Wildman–Crippen MR) is 170 cm³/mol. The molecule has 0 spiro atoms. The molecule has 1 saturated carbocycles. The second-order valence-electron chi connectivity index (χ2n) is 11.5. The van der Waals surface area contributed by atoms with E-state index >= 15 is 0 Å². The number of piperazine rings is 1. The van der Waals surface area contributed by atoms with Gasteiger partial charge in [0.25, 0.3) is 0 Å². The Morgan fingerprint density at radius 2 is 1.58 bits per heavy atom. The van der Waals surface area contributed by atoms with Crippen molar-refractivity contribution >= 4 is 12.1 Å². The number of hydrogen-bond acceptors (Lipinski definition) is 6. The molecule has 0 bridgehead atoms. The minimum Gasteiger partial charge on any atom is -0.494 e. The molecule has 0 N–H and O–H groups in total. The van der Waals surface area contributed by atoms with E-state index in [2.05, 4.69) is 17.0 Å². The van der Waals surface area contributed by atoms with E-state index in [1.54, 1.807) is 29.2 Å². The molecule has 2 aliphatic rings. The maximum Gasteiger partial charge on any atom is 0.415 e. The Morgan fingerprint density at radius 1 is 0.867 bits per heavy atom. The number of halogens is 1. The number of esters is 1. The zero-order chi connectivity index (χ0) is 31.2. The normalized spacial score (nSPS) is 15.0. The van der Waals surface area contributed by atoms with Gasteiger partial charge in [-0.15, -0.1) is 0 Å². The van der Waals surface area contributed by atoms with E-state index in [1.807, 2.05) is 49.4 Å². The number of benzene rings is 4. The molecule has 232 valence electrons.